The minimum atomic E-state index is -0.921. The molecule has 2 aliphatic heterocycles. The number of carbonyl (C=O) groups is 3. The van der Waals surface area contributed by atoms with Crippen LogP contribution in [0.3, 0.4) is 0 Å². The molecule has 1 unspecified atom stereocenters. The van der Waals surface area contributed by atoms with E-state index in [-0.39, 0.29) is 25.4 Å². The number of methoxy groups -OCH3 is 1. The van der Waals surface area contributed by atoms with E-state index >= 15 is 0 Å². The lowest BCUT2D eigenvalue weighted by Gasteiger charge is -2.23. The van der Waals surface area contributed by atoms with E-state index in [0.29, 0.717) is 19.6 Å². The molecule has 1 spiro atoms. The molecule has 2 heterocycles. The van der Waals surface area contributed by atoms with Crippen LogP contribution in [0.2, 0.25) is 0 Å². The second-order valence-corrected chi connectivity index (χ2v) is 4.37. The molecule has 0 saturated carbocycles. The standard InChI is InChI=1S/C11H16N2O6/c1-17-10(16)8-4-11(18-2-3-19-11)6-13(8)9(15)5-12-7-14/h7-8H,2-6H2,1H3,(H,12,14). The molecule has 8 heteroatoms. The van der Waals surface area contributed by atoms with Crippen LogP contribution in [-0.2, 0) is 28.6 Å². The molecule has 2 amide bonds. The minimum Gasteiger partial charge on any atom is -0.467 e. The Kier molecular flexibility index (Phi) is 4.01. The number of ether oxygens (including phenoxy) is 3. The SMILES string of the molecule is COC(=O)C1CC2(CN1C(=O)CNC=O)OCCO2. The summed E-state index contributed by atoms with van der Waals surface area (Å²) in [5, 5.41) is 2.28. The lowest BCUT2D eigenvalue weighted by atomic mass is 10.1. The van der Waals surface area contributed by atoms with Crippen LogP contribution in [0.25, 0.3) is 0 Å². The summed E-state index contributed by atoms with van der Waals surface area (Å²) in [6.45, 7) is 0.851. The molecule has 0 bridgehead atoms. The number of hydrogen-bond donors (Lipinski definition) is 1. The minimum absolute atomic E-state index is 0.159. The molecule has 2 rings (SSSR count). The molecule has 1 N–H and O–H groups in total. The average Bonchev–Trinajstić information content (AvgIpc) is 3.03. The highest BCUT2D eigenvalue weighted by Gasteiger charge is 2.52. The molecule has 2 saturated heterocycles. The van der Waals surface area contributed by atoms with Gasteiger partial charge in [-0.1, -0.05) is 0 Å². The van der Waals surface area contributed by atoms with Crippen molar-refractivity contribution in [3.8, 4) is 0 Å². The predicted octanol–water partition coefficient (Wildman–Crippen LogP) is -1.75. The van der Waals surface area contributed by atoms with E-state index in [1.807, 2.05) is 0 Å². The van der Waals surface area contributed by atoms with E-state index in [2.05, 4.69) is 10.1 Å². The monoisotopic (exact) mass is 272 g/mol. The number of hydrogen-bond acceptors (Lipinski definition) is 6. The van der Waals surface area contributed by atoms with Crippen molar-refractivity contribution < 1.29 is 28.6 Å². The molecule has 0 radical (unpaired) electrons. The molecular weight excluding hydrogens is 256 g/mol. The number of carbonyl (C=O) groups excluding carboxylic acids is 3. The van der Waals surface area contributed by atoms with Crippen molar-refractivity contribution in [2.45, 2.75) is 18.2 Å². The highest BCUT2D eigenvalue weighted by atomic mass is 16.7. The van der Waals surface area contributed by atoms with Gasteiger partial charge in [-0.15, -0.1) is 0 Å². The first kappa shape index (κ1) is 13.8. The van der Waals surface area contributed by atoms with E-state index in [0.717, 1.165) is 0 Å². The zero-order chi connectivity index (χ0) is 13.9. The third-order valence-corrected chi connectivity index (χ3v) is 3.24. The number of likely N-dealkylation sites (tertiary alicyclic amines) is 1. The van der Waals surface area contributed by atoms with Gasteiger partial charge in [-0.05, 0) is 0 Å². The maximum Gasteiger partial charge on any atom is 0.328 e. The van der Waals surface area contributed by atoms with Gasteiger partial charge in [0.2, 0.25) is 12.3 Å². The summed E-state index contributed by atoms with van der Waals surface area (Å²) in [5.41, 5.74) is 0. The van der Waals surface area contributed by atoms with Gasteiger partial charge in [0.25, 0.3) is 0 Å². The molecule has 0 aliphatic carbocycles. The first-order valence-electron chi connectivity index (χ1n) is 5.94. The van der Waals surface area contributed by atoms with Gasteiger partial charge < -0.3 is 24.4 Å². The molecule has 1 atom stereocenters. The lowest BCUT2D eigenvalue weighted by molar-refractivity contribution is -0.152. The Labute approximate surface area is 110 Å². The summed E-state index contributed by atoms with van der Waals surface area (Å²) in [4.78, 5) is 35.2. The molecule has 0 aromatic rings. The fourth-order valence-corrected chi connectivity index (χ4v) is 2.38. The smallest absolute Gasteiger partial charge is 0.328 e. The molecule has 2 fully saturated rings. The number of esters is 1. The number of amides is 2. The van der Waals surface area contributed by atoms with Gasteiger partial charge in [0.15, 0.2) is 5.79 Å². The van der Waals surface area contributed by atoms with Crippen molar-refractivity contribution in [2.24, 2.45) is 0 Å². The van der Waals surface area contributed by atoms with Gasteiger partial charge in [0.1, 0.15) is 6.04 Å². The molecule has 106 valence electrons. The summed E-state index contributed by atoms with van der Waals surface area (Å²) in [5.74, 6) is -1.82. The van der Waals surface area contributed by atoms with Gasteiger partial charge in [-0.25, -0.2) is 4.79 Å². The lowest BCUT2D eigenvalue weighted by Crippen LogP contribution is -2.45. The second-order valence-electron chi connectivity index (χ2n) is 4.37. The molecule has 19 heavy (non-hydrogen) atoms. The molecule has 8 nitrogen and oxygen atoms in total. The van der Waals surface area contributed by atoms with E-state index in [9.17, 15) is 14.4 Å². The second kappa shape index (κ2) is 5.54. The Hall–Kier alpha value is -1.67. The maximum absolute atomic E-state index is 12.0. The largest absolute Gasteiger partial charge is 0.467 e. The van der Waals surface area contributed by atoms with Crippen molar-refractivity contribution in [1.82, 2.24) is 10.2 Å². The Morgan fingerprint density at radius 3 is 2.74 bits per heavy atom. The van der Waals surface area contributed by atoms with Crippen molar-refractivity contribution in [2.75, 3.05) is 33.4 Å². The quantitative estimate of drug-likeness (QED) is 0.482. The van der Waals surface area contributed by atoms with Gasteiger partial charge in [0.05, 0.1) is 33.4 Å². The van der Waals surface area contributed by atoms with E-state index in [1.165, 1.54) is 12.0 Å². The fraction of sp³-hybridized carbons (Fsp3) is 0.727. The number of rotatable bonds is 4. The average molecular weight is 272 g/mol. The summed E-state index contributed by atoms with van der Waals surface area (Å²) in [6.07, 6.45) is 0.673. The molecule has 2 aliphatic rings. The van der Waals surface area contributed by atoms with Crippen LogP contribution in [0, 0.1) is 0 Å². The Morgan fingerprint density at radius 2 is 2.16 bits per heavy atom. The van der Waals surface area contributed by atoms with Crippen molar-refractivity contribution in [1.29, 1.82) is 0 Å². The summed E-state index contributed by atoms with van der Waals surface area (Å²) in [6, 6.07) is -0.746. The number of nitrogens with zero attached hydrogens (tertiary/aromatic N) is 1. The van der Waals surface area contributed by atoms with Gasteiger partial charge in [0, 0.05) is 6.42 Å². The predicted molar refractivity (Wildman–Crippen MR) is 60.8 cm³/mol. The topological polar surface area (TPSA) is 94.2 Å². The van der Waals surface area contributed by atoms with Crippen LogP contribution in [0.5, 0.6) is 0 Å². The Balaban J connectivity index is 2.11. The summed E-state index contributed by atoms with van der Waals surface area (Å²) < 4.78 is 15.7. The van der Waals surface area contributed by atoms with Crippen molar-refractivity contribution >= 4 is 18.3 Å². The van der Waals surface area contributed by atoms with Crippen LogP contribution in [-0.4, -0.2) is 68.4 Å². The van der Waals surface area contributed by atoms with Crippen LogP contribution >= 0.6 is 0 Å². The van der Waals surface area contributed by atoms with Gasteiger partial charge in [-0.2, -0.15) is 0 Å². The van der Waals surface area contributed by atoms with Gasteiger partial charge in [-0.3, -0.25) is 9.59 Å². The fourth-order valence-electron chi connectivity index (χ4n) is 2.38. The molecule has 0 aromatic heterocycles. The van der Waals surface area contributed by atoms with Crippen LogP contribution in [0.1, 0.15) is 6.42 Å². The first-order valence-corrected chi connectivity index (χ1v) is 5.94. The van der Waals surface area contributed by atoms with Crippen LogP contribution in [0.4, 0.5) is 0 Å². The summed E-state index contributed by atoms with van der Waals surface area (Å²) >= 11 is 0. The molecule has 0 aromatic carbocycles. The highest BCUT2D eigenvalue weighted by Crippen LogP contribution is 2.35. The summed E-state index contributed by atoms with van der Waals surface area (Å²) in [7, 11) is 1.26. The number of nitrogens with one attached hydrogen (secondary N) is 1. The zero-order valence-electron chi connectivity index (χ0n) is 10.6. The van der Waals surface area contributed by atoms with Crippen LogP contribution < -0.4 is 5.32 Å². The molecular formula is C11H16N2O6. The van der Waals surface area contributed by atoms with Crippen LogP contribution in [0.15, 0.2) is 0 Å². The maximum atomic E-state index is 12.0. The third-order valence-electron chi connectivity index (χ3n) is 3.24. The van der Waals surface area contributed by atoms with E-state index in [4.69, 9.17) is 9.47 Å². The third kappa shape index (κ3) is 2.69. The normalized spacial score (nSPS) is 24.5. The van der Waals surface area contributed by atoms with Gasteiger partial charge >= 0.3 is 5.97 Å². The Morgan fingerprint density at radius 1 is 1.47 bits per heavy atom. The highest BCUT2D eigenvalue weighted by molar-refractivity contribution is 5.87. The van der Waals surface area contributed by atoms with E-state index in [1.54, 1.807) is 0 Å². The Bertz CT molecular complexity index is 379. The van der Waals surface area contributed by atoms with E-state index < -0.39 is 17.8 Å². The van der Waals surface area contributed by atoms with Crippen molar-refractivity contribution in [3.63, 3.8) is 0 Å². The van der Waals surface area contributed by atoms with Crippen molar-refractivity contribution in [3.05, 3.63) is 0 Å². The first-order chi connectivity index (χ1) is 9.12. The zero-order valence-corrected chi connectivity index (χ0v) is 10.6.